The first-order valence-electron chi connectivity index (χ1n) is 10.3. The number of amides is 1. The van der Waals surface area contributed by atoms with Crippen molar-refractivity contribution in [2.24, 2.45) is 0 Å². The van der Waals surface area contributed by atoms with Crippen LogP contribution in [0.3, 0.4) is 0 Å². The van der Waals surface area contributed by atoms with Gasteiger partial charge in [-0.2, -0.15) is 24.9 Å². The van der Waals surface area contributed by atoms with Gasteiger partial charge in [0.05, 0.1) is 17.7 Å². The SMILES string of the molecule is O=C(CN1CCCCC1)Nc1sc2c(c1C(=O)c1cccc(C(F)(F)F)c1)CCSC2. The molecule has 31 heavy (non-hydrogen) atoms. The molecule has 4 nitrogen and oxygen atoms in total. The van der Waals surface area contributed by atoms with E-state index in [-0.39, 0.29) is 18.0 Å². The van der Waals surface area contributed by atoms with Gasteiger partial charge in [-0.3, -0.25) is 14.5 Å². The van der Waals surface area contributed by atoms with E-state index in [2.05, 4.69) is 10.2 Å². The molecule has 0 bridgehead atoms. The van der Waals surface area contributed by atoms with Crippen LogP contribution in [0.25, 0.3) is 0 Å². The van der Waals surface area contributed by atoms with Crippen molar-refractivity contribution in [2.75, 3.05) is 30.7 Å². The molecule has 1 aromatic carbocycles. The number of nitrogens with zero attached hydrogens (tertiary/aromatic N) is 1. The number of nitrogens with one attached hydrogen (secondary N) is 1. The number of hydrogen-bond acceptors (Lipinski definition) is 5. The third-order valence-electron chi connectivity index (χ3n) is 5.57. The predicted molar refractivity (Wildman–Crippen MR) is 118 cm³/mol. The largest absolute Gasteiger partial charge is 0.416 e. The molecule has 2 aromatic rings. The molecule has 3 heterocycles. The van der Waals surface area contributed by atoms with Gasteiger partial charge in [-0.25, -0.2) is 0 Å². The van der Waals surface area contributed by atoms with Crippen molar-refractivity contribution in [3.05, 3.63) is 51.4 Å². The van der Waals surface area contributed by atoms with Crippen LogP contribution in [-0.2, 0) is 23.1 Å². The minimum absolute atomic E-state index is 0.0137. The second-order valence-electron chi connectivity index (χ2n) is 7.80. The van der Waals surface area contributed by atoms with Gasteiger partial charge >= 0.3 is 6.18 Å². The van der Waals surface area contributed by atoms with Gasteiger partial charge in [0, 0.05) is 16.2 Å². The Bertz CT molecular complexity index is 982. The molecule has 1 fully saturated rings. The smallest absolute Gasteiger partial charge is 0.316 e. The van der Waals surface area contributed by atoms with E-state index in [9.17, 15) is 22.8 Å². The predicted octanol–water partition coefficient (Wildman–Crippen LogP) is 5.21. The van der Waals surface area contributed by atoms with E-state index < -0.39 is 17.5 Å². The molecule has 4 rings (SSSR count). The normalized spacial score (nSPS) is 17.3. The highest BCUT2D eigenvalue weighted by atomic mass is 32.2. The molecule has 0 aliphatic carbocycles. The van der Waals surface area contributed by atoms with Gasteiger partial charge in [0.25, 0.3) is 0 Å². The standard InChI is InChI=1S/C22H23F3N2O2S2/c23-22(24,25)15-6-4-5-14(11-15)20(29)19-16-7-10-30-13-17(16)31-21(19)26-18(28)12-27-8-2-1-3-9-27/h4-6,11H,1-3,7-10,12-13H2,(H,26,28). The van der Waals surface area contributed by atoms with Crippen LogP contribution in [-0.4, -0.2) is 42.0 Å². The van der Waals surface area contributed by atoms with E-state index in [1.165, 1.54) is 29.9 Å². The number of piperidine rings is 1. The minimum atomic E-state index is -4.52. The average molecular weight is 469 g/mol. The number of thioether (sulfide) groups is 1. The molecule has 166 valence electrons. The summed E-state index contributed by atoms with van der Waals surface area (Å²) in [5.41, 5.74) is 0.347. The molecule has 1 amide bonds. The molecule has 1 N–H and O–H groups in total. The summed E-state index contributed by atoms with van der Waals surface area (Å²) >= 11 is 3.12. The fourth-order valence-corrected chi connectivity index (χ4v) is 6.42. The van der Waals surface area contributed by atoms with Gasteiger partial charge in [-0.05, 0) is 55.8 Å². The quantitative estimate of drug-likeness (QED) is 0.612. The van der Waals surface area contributed by atoms with Gasteiger partial charge in [0.2, 0.25) is 5.91 Å². The Morgan fingerprint density at radius 3 is 2.65 bits per heavy atom. The number of fused-ring (bicyclic) bond motifs is 1. The number of carbonyl (C=O) groups is 2. The lowest BCUT2D eigenvalue weighted by atomic mass is 9.97. The third kappa shape index (κ3) is 5.15. The van der Waals surface area contributed by atoms with E-state index in [1.807, 2.05) is 0 Å². The summed E-state index contributed by atoms with van der Waals surface area (Å²) in [6, 6.07) is 4.50. The summed E-state index contributed by atoms with van der Waals surface area (Å²) in [6.45, 7) is 2.01. The number of rotatable bonds is 5. The summed E-state index contributed by atoms with van der Waals surface area (Å²) in [6.07, 6.45) is -0.553. The highest BCUT2D eigenvalue weighted by molar-refractivity contribution is 7.98. The number of anilines is 1. The van der Waals surface area contributed by atoms with Crippen LogP contribution < -0.4 is 5.32 Å². The molecular formula is C22H23F3N2O2S2. The van der Waals surface area contributed by atoms with Crippen molar-refractivity contribution in [3.8, 4) is 0 Å². The summed E-state index contributed by atoms with van der Waals surface area (Å²) in [5.74, 6) is 0.925. The van der Waals surface area contributed by atoms with Crippen LogP contribution in [0.15, 0.2) is 24.3 Å². The molecule has 0 saturated carbocycles. The Hall–Kier alpha value is -1.84. The number of benzene rings is 1. The molecule has 0 unspecified atom stereocenters. The Kier molecular flexibility index (Phi) is 6.74. The number of likely N-dealkylation sites (tertiary alicyclic amines) is 1. The van der Waals surface area contributed by atoms with E-state index >= 15 is 0 Å². The van der Waals surface area contributed by atoms with Gasteiger partial charge in [-0.1, -0.05) is 18.6 Å². The second kappa shape index (κ2) is 9.34. The number of hydrogen-bond donors (Lipinski definition) is 1. The van der Waals surface area contributed by atoms with E-state index in [4.69, 9.17) is 0 Å². The lowest BCUT2D eigenvalue weighted by Crippen LogP contribution is -2.36. The van der Waals surface area contributed by atoms with Crippen LogP contribution in [0.2, 0.25) is 0 Å². The summed E-state index contributed by atoms with van der Waals surface area (Å²) < 4.78 is 39.4. The number of alkyl halides is 3. The maximum Gasteiger partial charge on any atom is 0.416 e. The van der Waals surface area contributed by atoms with Crippen molar-refractivity contribution in [1.82, 2.24) is 4.90 Å². The first-order valence-corrected chi connectivity index (χ1v) is 12.3. The molecule has 9 heteroatoms. The molecule has 2 aliphatic heterocycles. The van der Waals surface area contributed by atoms with Crippen LogP contribution in [0.1, 0.15) is 51.2 Å². The van der Waals surface area contributed by atoms with Crippen molar-refractivity contribution < 1.29 is 22.8 Å². The monoisotopic (exact) mass is 468 g/mol. The van der Waals surface area contributed by atoms with Crippen molar-refractivity contribution in [3.63, 3.8) is 0 Å². The van der Waals surface area contributed by atoms with Crippen LogP contribution in [0.5, 0.6) is 0 Å². The summed E-state index contributed by atoms with van der Waals surface area (Å²) in [4.78, 5) is 29.1. The topological polar surface area (TPSA) is 49.4 Å². The van der Waals surface area contributed by atoms with E-state index in [0.29, 0.717) is 17.0 Å². The Balaban J connectivity index is 1.62. The molecule has 0 atom stereocenters. The first-order chi connectivity index (χ1) is 14.8. The average Bonchev–Trinajstić information content (AvgIpc) is 3.11. The van der Waals surface area contributed by atoms with Crippen LogP contribution >= 0.6 is 23.1 Å². The van der Waals surface area contributed by atoms with Crippen molar-refractivity contribution in [1.29, 1.82) is 0 Å². The Labute approximate surface area is 187 Å². The minimum Gasteiger partial charge on any atom is -0.316 e. The lowest BCUT2D eigenvalue weighted by molar-refractivity contribution is -0.137. The zero-order chi connectivity index (χ0) is 22.0. The lowest BCUT2D eigenvalue weighted by Gasteiger charge is -2.25. The fraction of sp³-hybridized carbons (Fsp3) is 0.455. The highest BCUT2D eigenvalue weighted by Crippen LogP contribution is 2.41. The van der Waals surface area contributed by atoms with Crippen molar-refractivity contribution >= 4 is 39.8 Å². The number of ketones is 1. The van der Waals surface area contributed by atoms with Gasteiger partial charge < -0.3 is 5.32 Å². The number of halogens is 3. The number of thiophene rings is 1. The van der Waals surface area contributed by atoms with Gasteiger partial charge in [-0.15, -0.1) is 11.3 Å². The maximum absolute atomic E-state index is 13.3. The Morgan fingerprint density at radius 2 is 1.90 bits per heavy atom. The molecule has 1 aromatic heterocycles. The fourth-order valence-electron chi connectivity index (χ4n) is 4.03. The van der Waals surface area contributed by atoms with E-state index in [0.717, 1.165) is 60.0 Å². The molecule has 0 radical (unpaired) electrons. The van der Waals surface area contributed by atoms with Gasteiger partial charge in [0.15, 0.2) is 5.78 Å². The Morgan fingerprint density at radius 1 is 1.13 bits per heavy atom. The third-order valence-corrected chi connectivity index (χ3v) is 7.88. The molecule has 2 aliphatic rings. The molecule has 0 spiro atoms. The molecular weight excluding hydrogens is 445 g/mol. The first kappa shape index (κ1) is 22.4. The maximum atomic E-state index is 13.3. The van der Waals surface area contributed by atoms with Crippen LogP contribution in [0.4, 0.5) is 18.2 Å². The molecule has 1 saturated heterocycles. The second-order valence-corrected chi connectivity index (χ2v) is 10.0. The number of carbonyl (C=O) groups excluding carboxylic acids is 2. The zero-order valence-electron chi connectivity index (χ0n) is 16.9. The van der Waals surface area contributed by atoms with Crippen molar-refractivity contribution in [2.45, 2.75) is 37.6 Å². The summed E-state index contributed by atoms with van der Waals surface area (Å²) in [5, 5.41) is 3.35. The highest BCUT2D eigenvalue weighted by Gasteiger charge is 2.32. The zero-order valence-corrected chi connectivity index (χ0v) is 18.5. The van der Waals surface area contributed by atoms with Gasteiger partial charge in [0.1, 0.15) is 5.00 Å². The van der Waals surface area contributed by atoms with Crippen LogP contribution in [0, 0.1) is 0 Å². The van der Waals surface area contributed by atoms with E-state index in [1.54, 1.807) is 11.8 Å². The summed E-state index contributed by atoms with van der Waals surface area (Å²) in [7, 11) is 0.